The third kappa shape index (κ3) is 1.84. The second kappa shape index (κ2) is 3.64. The lowest BCUT2D eigenvalue weighted by molar-refractivity contribution is 0.181. The molecule has 0 amide bonds. The summed E-state index contributed by atoms with van der Waals surface area (Å²) in [5.41, 5.74) is 0.137. The Labute approximate surface area is 82.1 Å². The summed E-state index contributed by atoms with van der Waals surface area (Å²) in [4.78, 5) is 4.22. The summed E-state index contributed by atoms with van der Waals surface area (Å²) < 4.78 is 5.41. The molecule has 1 atom stereocenters. The highest BCUT2D eigenvalue weighted by Crippen LogP contribution is 2.28. The molecule has 0 spiro atoms. The van der Waals surface area contributed by atoms with Gasteiger partial charge in [0.15, 0.2) is 5.13 Å². The van der Waals surface area contributed by atoms with Crippen molar-refractivity contribution in [3.05, 3.63) is 11.6 Å². The normalized spacial score (nSPS) is 27.8. The minimum atomic E-state index is 0.137. The predicted octanol–water partition coefficient (Wildman–Crippen LogP) is 2.12. The van der Waals surface area contributed by atoms with Crippen LogP contribution in [-0.4, -0.2) is 23.7 Å². The minimum Gasteiger partial charge on any atom is -0.379 e. The van der Waals surface area contributed by atoms with Crippen LogP contribution in [0.3, 0.4) is 0 Å². The van der Waals surface area contributed by atoms with Gasteiger partial charge in [-0.25, -0.2) is 4.98 Å². The van der Waals surface area contributed by atoms with Crippen LogP contribution in [0.15, 0.2) is 11.6 Å². The van der Waals surface area contributed by atoms with Gasteiger partial charge >= 0.3 is 0 Å². The fourth-order valence-electron chi connectivity index (χ4n) is 1.59. The molecule has 1 aliphatic rings. The number of nitrogens with zero attached hydrogens (tertiary/aromatic N) is 1. The molecular weight excluding hydrogens is 184 g/mol. The Hall–Kier alpha value is -0.610. The standard InChI is InChI=1S/C9H14N2OS/c1-2-9(3-5-12-7-9)11-8-10-4-6-13-8/h4,6H,2-3,5,7H2,1H3,(H,10,11). The van der Waals surface area contributed by atoms with Crippen molar-refractivity contribution >= 4 is 16.5 Å². The number of hydrogen-bond donors (Lipinski definition) is 1. The molecule has 13 heavy (non-hydrogen) atoms. The Bertz CT molecular complexity index is 255. The van der Waals surface area contributed by atoms with Gasteiger partial charge in [-0.05, 0) is 12.8 Å². The molecule has 0 saturated carbocycles. The van der Waals surface area contributed by atoms with Crippen LogP contribution >= 0.6 is 11.3 Å². The fraction of sp³-hybridized carbons (Fsp3) is 0.667. The van der Waals surface area contributed by atoms with Crippen LogP contribution in [0.5, 0.6) is 0 Å². The van der Waals surface area contributed by atoms with Crippen LogP contribution in [0.2, 0.25) is 0 Å². The first kappa shape index (κ1) is 8.97. The van der Waals surface area contributed by atoms with Crippen LogP contribution in [0.4, 0.5) is 5.13 Å². The smallest absolute Gasteiger partial charge is 0.183 e. The van der Waals surface area contributed by atoms with Crippen LogP contribution in [0.25, 0.3) is 0 Å². The molecule has 1 fully saturated rings. The molecule has 1 aliphatic heterocycles. The van der Waals surface area contributed by atoms with Crippen molar-refractivity contribution in [3.63, 3.8) is 0 Å². The summed E-state index contributed by atoms with van der Waals surface area (Å²) in [6, 6.07) is 0. The van der Waals surface area contributed by atoms with Gasteiger partial charge in [-0.3, -0.25) is 0 Å². The molecule has 1 aromatic rings. The Morgan fingerprint density at radius 1 is 1.77 bits per heavy atom. The van der Waals surface area contributed by atoms with E-state index in [1.54, 1.807) is 11.3 Å². The minimum absolute atomic E-state index is 0.137. The molecule has 4 heteroatoms. The van der Waals surface area contributed by atoms with Gasteiger partial charge in [-0.1, -0.05) is 6.92 Å². The Morgan fingerprint density at radius 3 is 3.23 bits per heavy atom. The fourth-order valence-corrected chi connectivity index (χ4v) is 2.23. The zero-order valence-corrected chi connectivity index (χ0v) is 8.56. The average Bonchev–Trinajstić information content (AvgIpc) is 2.77. The first-order valence-corrected chi connectivity index (χ1v) is 5.48. The van der Waals surface area contributed by atoms with Gasteiger partial charge in [0.1, 0.15) is 0 Å². The zero-order valence-electron chi connectivity index (χ0n) is 7.75. The summed E-state index contributed by atoms with van der Waals surface area (Å²) in [6.45, 7) is 3.87. The maximum absolute atomic E-state index is 5.41. The molecule has 0 radical (unpaired) electrons. The average molecular weight is 198 g/mol. The van der Waals surface area contributed by atoms with E-state index in [9.17, 15) is 0 Å². The van der Waals surface area contributed by atoms with E-state index in [0.717, 1.165) is 31.2 Å². The first-order valence-electron chi connectivity index (χ1n) is 4.60. The Morgan fingerprint density at radius 2 is 2.69 bits per heavy atom. The molecule has 72 valence electrons. The van der Waals surface area contributed by atoms with Gasteiger partial charge in [0.25, 0.3) is 0 Å². The summed E-state index contributed by atoms with van der Waals surface area (Å²) in [5, 5.41) is 6.46. The third-order valence-electron chi connectivity index (χ3n) is 2.58. The van der Waals surface area contributed by atoms with Crippen molar-refractivity contribution in [1.29, 1.82) is 0 Å². The van der Waals surface area contributed by atoms with Gasteiger partial charge in [0.05, 0.1) is 12.1 Å². The van der Waals surface area contributed by atoms with E-state index in [-0.39, 0.29) is 5.54 Å². The summed E-state index contributed by atoms with van der Waals surface area (Å²) in [5.74, 6) is 0. The molecule has 2 rings (SSSR count). The molecule has 1 N–H and O–H groups in total. The molecule has 2 heterocycles. The number of thiazole rings is 1. The maximum atomic E-state index is 5.41. The van der Waals surface area contributed by atoms with Gasteiger partial charge in [0, 0.05) is 18.2 Å². The van der Waals surface area contributed by atoms with E-state index in [1.165, 1.54) is 0 Å². The molecule has 1 saturated heterocycles. The van der Waals surface area contributed by atoms with Crippen molar-refractivity contribution in [2.45, 2.75) is 25.3 Å². The predicted molar refractivity (Wildman–Crippen MR) is 54.2 cm³/mol. The molecule has 3 nitrogen and oxygen atoms in total. The van der Waals surface area contributed by atoms with Crippen molar-refractivity contribution < 1.29 is 4.74 Å². The van der Waals surface area contributed by atoms with Crippen molar-refractivity contribution in [1.82, 2.24) is 4.98 Å². The lowest BCUT2D eigenvalue weighted by Gasteiger charge is -2.26. The highest BCUT2D eigenvalue weighted by Gasteiger charge is 2.33. The summed E-state index contributed by atoms with van der Waals surface area (Å²) in [7, 11) is 0. The van der Waals surface area contributed by atoms with Gasteiger partial charge in [0.2, 0.25) is 0 Å². The third-order valence-corrected chi connectivity index (χ3v) is 3.27. The van der Waals surface area contributed by atoms with Crippen LogP contribution < -0.4 is 5.32 Å². The number of rotatable bonds is 3. The largest absolute Gasteiger partial charge is 0.379 e. The van der Waals surface area contributed by atoms with E-state index < -0.39 is 0 Å². The molecule has 0 bridgehead atoms. The number of ether oxygens (including phenoxy) is 1. The number of aromatic nitrogens is 1. The maximum Gasteiger partial charge on any atom is 0.183 e. The number of nitrogens with one attached hydrogen (secondary N) is 1. The lowest BCUT2D eigenvalue weighted by Crippen LogP contribution is -2.37. The zero-order chi connectivity index (χ0) is 9.15. The number of hydrogen-bond acceptors (Lipinski definition) is 4. The van der Waals surface area contributed by atoms with E-state index in [2.05, 4.69) is 17.2 Å². The Kier molecular flexibility index (Phi) is 2.51. The quantitative estimate of drug-likeness (QED) is 0.807. The van der Waals surface area contributed by atoms with E-state index in [1.807, 2.05) is 11.6 Å². The van der Waals surface area contributed by atoms with Crippen LogP contribution in [0, 0.1) is 0 Å². The first-order chi connectivity index (χ1) is 6.35. The monoisotopic (exact) mass is 198 g/mol. The molecule has 0 aliphatic carbocycles. The highest BCUT2D eigenvalue weighted by molar-refractivity contribution is 7.13. The molecule has 1 unspecified atom stereocenters. The van der Waals surface area contributed by atoms with E-state index >= 15 is 0 Å². The SMILES string of the molecule is CCC1(Nc2nccs2)CCOC1. The highest BCUT2D eigenvalue weighted by atomic mass is 32.1. The van der Waals surface area contributed by atoms with Gasteiger partial charge in [-0.2, -0.15) is 0 Å². The van der Waals surface area contributed by atoms with E-state index in [0.29, 0.717) is 0 Å². The topological polar surface area (TPSA) is 34.2 Å². The van der Waals surface area contributed by atoms with Gasteiger partial charge in [-0.15, -0.1) is 11.3 Å². The number of anilines is 1. The lowest BCUT2D eigenvalue weighted by atomic mass is 9.96. The molecular formula is C9H14N2OS. The van der Waals surface area contributed by atoms with Crippen LogP contribution in [0.1, 0.15) is 19.8 Å². The van der Waals surface area contributed by atoms with Crippen molar-refractivity contribution in [2.24, 2.45) is 0 Å². The molecule has 0 aromatic carbocycles. The second-order valence-electron chi connectivity index (χ2n) is 3.40. The molecule has 1 aromatic heterocycles. The van der Waals surface area contributed by atoms with Crippen LogP contribution in [-0.2, 0) is 4.74 Å². The second-order valence-corrected chi connectivity index (χ2v) is 4.29. The van der Waals surface area contributed by atoms with Crippen molar-refractivity contribution in [3.8, 4) is 0 Å². The van der Waals surface area contributed by atoms with Gasteiger partial charge < -0.3 is 10.1 Å². The van der Waals surface area contributed by atoms with E-state index in [4.69, 9.17) is 4.74 Å². The Balaban J connectivity index is 2.06. The summed E-state index contributed by atoms with van der Waals surface area (Å²) in [6.07, 6.45) is 4.00. The van der Waals surface area contributed by atoms with Crippen molar-refractivity contribution in [2.75, 3.05) is 18.5 Å². The summed E-state index contributed by atoms with van der Waals surface area (Å²) >= 11 is 1.65.